The van der Waals surface area contributed by atoms with Crippen LogP contribution in [0.25, 0.3) is 0 Å². The quantitative estimate of drug-likeness (QED) is 0.534. The van der Waals surface area contributed by atoms with Crippen molar-refractivity contribution in [3.63, 3.8) is 0 Å². The van der Waals surface area contributed by atoms with Crippen LogP contribution in [0, 0.1) is 23.7 Å². The molecule has 2 aliphatic heterocycles. The second-order valence-electron chi connectivity index (χ2n) is 10.3. The number of carbonyl (C=O) groups is 2. The van der Waals surface area contributed by atoms with Crippen molar-refractivity contribution in [2.75, 3.05) is 0 Å². The molecule has 0 aromatic carbocycles. The topological polar surface area (TPSA) is 93.1 Å². The third kappa shape index (κ3) is 3.87. The summed E-state index contributed by atoms with van der Waals surface area (Å²) in [4.78, 5) is 25.3. The molecule has 3 rings (SSSR count). The van der Waals surface area contributed by atoms with Crippen LogP contribution in [-0.4, -0.2) is 51.5 Å². The van der Waals surface area contributed by atoms with E-state index >= 15 is 0 Å². The summed E-state index contributed by atoms with van der Waals surface area (Å²) in [6, 6.07) is 0. The fraction of sp³-hybridized carbons (Fsp3) is 0.833. The largest absolute Gasteiger partial charge is 0.457 e. The highest BCUT2D eigenvalue weighted by Gasteiger charge is 2.63. The molecule has 3 aliphatic rings. The van der Waals surface area contributed by atoms with Gasteiger partial charge in [-0.05, 0) is 51.4 Å². The number of hydrogen-bond acceptors (Lipinski definition) is 6. The molecule has 30 heavy (non-hydrogen) atoms. The molecule has 2 heterocycles. The third-order valence-corrected chi connectivity index (χ3v) is 7.75. The summed E-state index contributed by atoms with van der Waals surface area (Å²) in [7, 11) is 0. The molecule has 0 aromatic rings. The Balaban J connectivity index is 2.10. The van der Waals surface area contributed by atoms with Crippen molar-refractivity contribution >= 4 is 11.8 Å². The van der Waals surface area contributed by atoms with Crippen molar-refractivity contribution in [1.82, 2.24) is 0 Å². The maximum Gasteiger partial charge on any atom is 0.306 e. The van der Waals surface area contributed by atoms with Crippen LogP contribution in [0.15, 0.2) is 12.2 Å². The second kappa shape index (κ2) is 8.36. The number of hydrogen-bond donors (Lipinski definition) is 2. The Kier molecular flexibility index (Phi) is 6.53. The molecule has 2 bridgehead atoms. The first-order chi connectivity index (χ1) is 13.9. The number of esters is 1. The van der Waals surface area contributed by atoms with Crippen LogP contribution < -0.4 is 0 Å². The molecule has 2 N–H and O–H groups in total. The van der Waals surface area contributed by atoms with Gasteiger partial charge < -0.3 is 19.7 Å². The summed E-state index contributed by atoms with van der Waals surface area (Å²) in [5, 5.41) is 22.0. The highest BCUT2D eigenvalue weighted by atomic mass is 16.6. The number of Topliss-reactive ketones (excluding diaryl/α,β-unsaturated/α-hetero) is 1. The van der Waals surface area contributed by atoms with Gasteiger partial charge in [0.05, 0.1) is 6.10 Å². The minimum atomic E-state index is -1.92. The first kappa shape index (κ1) is 23.4. The molecule has 3 fully saturated rings. The van der Waals surface area contributed by atoms with E-state index in [-0.39, 0.29) is 30.6 Å². The maximum absolute atomic E-state index is 12.8. The molecule has 170 valence electrons. The van der Waals surface area contributed by atoms with Gasteiger partial charge in [0.1, 0.15) is 23.4 Å². The predicted molar refractivity (Wildman–Crippen MR) is 113 cm³/mol. The molecule has 8 atom stereocenters. The molecule has 2 saturated heterocycles. The fourth-order valence-corrected chi connectivity index (χ4v) is 5.92. The van der Waals surface area contributed by atoms with Crippen molar-refractivity contribution in [2.45, 2.75) is 103 Å². The normalized spacial score (nSPS) is 44.3. The highest BCUT2D eigenvalue weighted by Crippen LogP contribution is 2.55. The van der Waals surface area contributed by atoms with E-state index < -0.39 is 35.3 Å². The van der Waals surface area contributed by atoms with Crippen LogP contribution >= 0.6 is 0 Å². The monoisotopic (exact) mass is 422 g/mol. The first-order valence-corrected chi connectivity index (χ1v) is 11.4. The summed E-state index contributed by atoms with van der Waals surface area (Å²) >= 11 is 0. The second-order valence-corrected chi connectivity index (χ2v) is 10.3. The summed E-state index contributed by atoms with van der Waals surface area (Å²) in [6.45, 7) is 13.8. The van der Waals surface area contributed by atoms with Gasteiger partial charge in [-0.2, -0.15) is 0 Å². The number of rotatable bonds is 4. The lowest BCUT2D eigenvalue weighted by molar-refractivity contribution is -0.187. The van der Waals surface area contributed by atoms with Crippen LogP contribution in [0.2, 0.25) is 0 Å². The molecule has 0 radical (unpaired) electrons. The minimum Gasteiger partial charge on any atom is -0.457 e. The summed E-state index contributed by atoms with van der Waals surface area (Å²) in [6.07, 6.45) is 0.448. The zero-order chi connectivity index (χ0) is 22.4. The lowest BCUT2D eigenvalue weighted by Gasteiger charge is -2.45. The summed E-state index contributed by atoms with van der Waals surface area (Å²) < 4.78 is 12.5. The predicted octanol–water partition coefficient (Wildman–Crippen LogP) is 3.19. The zero-order valence-corrected chi connectivity index (χ0v) is 19.0. The molecule has 1 aliphatic carbocycles. The number of ether oxygens (including phenoxy) is 2. The number of ketones is 1. The summed E-state index contributed by atoms with van der Waals surface area (Å²) in [5.41, 5.74) is -1.95. The smallest absolute Gasteiger partial charge is 0.306 e. The van der Waals surface area contributed by atoms with Gasteiger partial charge >= 0.3 is 5.97 Å². The van der Waals surface area contributed by atoms with Crippen LogP contribution in [0.5, 0.6) is 0 Å². The van der Waals surface area contributed by atoms with Crippen molar-refractivity contribution in [2.24, 2.45) is 23.7 Å². The van der Waals surface area contributed by atoms with Crippen molar-refractivity contribution in [1.29, 1.82) is 0 Å². The maximum atomic E-state index is 12.8. The number of fused-ring (bicyclic) bond motifs is 5. The first-order valence-electron chi connectivity index (χ1n) is 11.4. The van der Waals surface area contributed by atoms with E-state index in [0.29, 0.717) is 24.7 Å². The molecule has 0 aromatic heterocycles. The van der Waals surface area contributed by atoms with E-state index in [0.717, 1.165) is 18.4 Å². The fourth-order valence-electron chi connectivity index (χ4n) is 5.92. The van der Waals surface area contributed by atoms with Gasteiger partial charge in [0, 0.05) is 24.7 Å². The molecule has 6 nitrogen and oxygen atoms in total. The lowest BCUT2D eigenvalue weighted by Crippen LogP contribution is -2.55. The molecular formula is C24H38O6. The van der Waals surface area contributed by atoms with Gasteiger partial charge in [0.25, 0.3) is 0 Å². The van der Waals surface area contributed by atoms with E-state index in [4.69, 9.17) is 9.47 Å². The van der Waals surface area contributed by atoms with Gasteiger partial charge in [0.15, 0.2) is 5.78 Å². The molecule has 6 heteroatoms. The zero-order valence-electron chi connectivity index (χ0n) is 19.0. The van der Waals surface area contributed by atoms with Gasteiger partial charge in [-0.25, -0.2) is 0 Å². The Morgan fingerprint density at radius 2 is 2.00 bits per heavy atom. The molecule has 0 amide bonds. The SMILES string of the molecule is C=C1CCC(C(C)C)C2C1C1OC2C(C)(OC(=O)CCC)CCC(=O)C(C)(O)C1O. The Morgan fingerprint density at radius 1 is 1.33 bits per heavy atom. The standard InChI is InChI=1S/C24H38O6/c1-7-8-17(26)30-23(5)12-11-16(25)24(6,28)21(27)20-18-14(4)9-10-15(13(2)3)19(18)22(23)29-20/h13,15,18-22,27-28H,4,7-12H2,1-3,5-6H3. The van der Waals surface area contributed by atoms with Crippen molar-refractivity contribution in [3.05, 3.63) is 12.2 Å². The molecule has 1 saturated carbocycles. The van der Waals surface area contributed by atoms with Crippen LogP contribution in [0.1, 0.15) is 73.1 Å². The molecule has 0 spiro atoms. The number of aliphatic hydroxyl groups excluding tert-OH is 1. The molecule has 8 unspecified atom stereocenters. The van der Waals surface area contributed by atoms with Gasteiger partial charge in [0.2, 0.25) is 0 Å². The minimum absolute atomic E-state index is 0.00864. The van der Waals surface area contributed by atoms with Crippen molar-refractivity contribution in [3.8, 4) is 0 Å². The van der Waals surface area contributed by atoms with E-state index in [2.05, 4.69) is 20.4 Å². The Hall–Kier alpha value is -1.24. The van der Waals surface area contributed by atoms with E-state index in [1.54, 1.807) is 0 Å². The van der Waals surface area contributed by atoms with E-state index in [9.17, 15) is 19.8 Å². The Morgan fingerprint density at radius 3 is 2.60 bits per heavy atom. The average Bonchev–Trinajstić information content (AvgIpc) is 3.07. The number of carbonyl (C=O) groups excluding carboxylic acids is 2. The van der Waals surface area contributed by atoms with Crippen LogP contribution in [-0.2, 0) is 19.1 Å². The van der Waals surface area contributed by atoms with Crippen molar-refractivity contribution < 1.29 is 29.3 Å². The highest BCUT2D eigenvalue weighted by molar-refractivity contribution is 5.87. The van der Waals surface area contributed by atoms with Gasteiger partial charge in [-0.3, -0.25) is 9.59 Å². The average molecular weight is 423 g/mol. The van der Waals surface area contributed by atoms with Crippen LogP contribution in [0.3, 0.4) is 0 Å². The third-order valence-electron chi connectivity index (χ3n) is 7.75. The van der Waals surface area contributed by atoms with Gasteiger partial charge in [-0.1, -0.05) is 32.9 Å². The Bertz CT molecular complexity index is 698. The Labute approximate surface area is 180 Å². The summed E-state index contributed by atoms with van der Waals surface area (Å²) in [5.74, 6) is -0.247. The number of aliphatic hydroxyl groups is 2. The van der Waals surface area contributed by atoms with E-state index in [1.165, 1.54) is 6.92 Å². The van der Waals surface area contributed by atoms with Gasteiger partial charge in [-0.15, -0.1) is 0 Å². The van der Waals surface area contributed by atoms with E-state index in [1.807, 2.05) is 13.8 Å². The molecular weight excluding hydrogens is 384 g/mol. The lowest BCUT2D eigenvalue weighted by atomic mass is 9.60. The van der Waals surface area contributed by atoms with Crippen LogP contribution in [0.4, 0.5) is 0 Å².